The van der Waals surface area contributed by atoms with Crippen LogP contribution in [0.3, 0.4) is 0 Å². The minimum Gasteiger partial charge on any atom is -0.480 e. The molecule has 1 saturated heterocycles. The van der Waals surface area contributed by atoms with Crippen LogP contribution >= 0.6 is 23.2 Å². The van der Waals surface area contributed by atoms with Crippen molar-refractivity contribution in [1.29, 1.82) is 0 Å². The molecule has 20 heavy (non-hydrogen) atoms. The Morgan fingerprint density at radius 2 is 1.75 bits per heavy atom. The van der Waals surface area contributed by atoms with Crippen molar-refractivity contribution in [2.75, 3.05) is 33.2 Å². The SMILES string of the molecule is CN1CCN(C(Cc2cc(Cl)cc(Cl)c2)C(=O)O)CC1. The Kier molecular flexibility index (Phi) is 5.27. The number of likely N-dealkylation sites (N-methyl/N-ethyl adjacent to an activating group) is 1. The Balaban J connectivity index is 2.11. The van der Waals surface area contributed by atoms with Gasteiger partial charge in [-0.3, -0.25) is 9.69 Å². The normalized spacial score (nSPS) is 18.9. The highest BCUT2D eigenvalue weighted by Crippen LogP contribution is 2.21. The molecule has 1 atom stereocenters. The zero-order valence-corrected chi connectivity index (χ0v) is 12.9. The average Bonchev–Trinajstić information content (AvgIpc) is 2.36. The largest absolute Gasteiger partial charge is 0.480 e. The van der Waals surface area contributed by atoms with Gasteiger partial charge in [0.1, 0.15) is 6.04 Å². The van der Waals surface area contributed by atoms with Crippen molar-refractivity contribution in [2.45, 2.75) is 12.5 Å². The molecule has 1 fully saturated rings. The fraction of sp³-hybridized carbons (Fsp3) is 0.500. The monoisotopic (exact) mass is 316 g/mol. The molecule has 1 aliphatic heterocycles. The van der Waals surface area contributed by atoms with Crippen LogP contribution in [0.15, 0.2) is 18.2 Å². The van der Waals surface area contributed by atoms with Crippen LogP contribution < -0.4 is 0 Å². The van der Waals surface area contributed by atoms with E-state index in [9.17, 15) is 9.90 Å². The fourth-order valence-corrected chi connectivity index (χ4v) is 3.03. The number of aliphatic carboxylic acids is 1. The molecular weight excluding hydrogens is 299 g/mol. The fourth-order valence-electron chi connectivity index (χ4n) is 2.46. The van der Waals surface area contributed by atoms with Gasteiger partial charge in [0, 0.05) is 36.2 Å². The van der Waals surface area contributed by atoms with Crippen molar-refractivity contribution in [3.8, 4) is 0 Å². The molecule has 0 spiro atoms. The van der Waals surface area contributed by atoms with E-state index in [0.717, 1.165) is 31.7 Å². The minimum atomic E-state index is -0.800. The molecule has 0 aliphatic carbocycles. The molecule has 0 amide bonds. The van der Waals surface area contributed by atoms with Crippen molar-refractivity contribution in [3.05, 3.63) is 33.8 Å². The van der Waals surface area contributed by atoms with Crippen LogP contribution in [0.4, 0.5) is 0 Å². The summed E-state index contributed by atoms with van der Waals surface area (Å²) in [4.78, 5) is 15.7. The molecule has 0 aromatic heterocycles. The second kappa shape index (κ2) is 6.76. The molecule has 1 aromatic carbocycles. The first-order chi connectivity index (χ1) is 9.45. The van der Waals surface area contributed by atoms with Crippen LogP contribution in [0.2, 0.25) is 10.0 Å². The van der Waals surface area contributed by atoms with Gasteiger partial charge in [-0.1, -0.05) is 23.2 Å². The predicted octanol–water partition coefficient (Wildman–Crippen LogP) is 2.24. The maximum absolute atomic E-state index is 11.5. The van der Waals surface area contributed by atoms with E-state index in [1.54, 1.807) is 18.2 Å². The number of halogens is 2. The smallest absolute Gasteiger partial charge is 0.321 e. The molecular formula is C14H18Cl2N2O2. The Morgan fingerprint density at radius 1 is 1.20 bits per heavy atom. The van der Waals surface area contributed by atoms with Crippen molar-refractivity contribution in [3.63, 3.8) is 0 Å². The van der Waals surface area contributed by atoms with Gasteiger partial charge in [0.25, 0.3) is 0 Å². The summed E-state index contributed by atoms with van der Waals surface area (Å²) in [5, 5.41) is 10.5. The summed E-state index contributed by atoms with van der Waals surface area (Å²) in [5.74, 6) is -0.800. The first-order valence-electron chi connectivity index (χ1n) is 6.56. The van der Waals surface area contributed by atoms with E-state index < -0.39 is 12.0 Å². The summed E-state index contributed by atoms with van der Waals surface area (Å²) in [6, 6.07) is 4.68. The zero-order chi connectivity index (χ0) is 14.7. The lowest BCUT2D eigenvalue weighted by Gasteiger charge is -2.36. The number of benzene rings is 1. The average molecular weight is 317 g/mol. The van der Waals surface area contributed by atoms with Gasteiger partial charge < -0.3 is 10.0 Å². The van der Waals surface area contributed by atoms with Crippen LogP contribution in [-0.2, 0) is 11.2 Å². The number of nitrogens with zero attached hydrogens (tertiary/aromatic N) is 2. The number of hydrogen-bond acceptors (Lipinski definition) is 3. The van der Waals surface area contributed by atoms with Crippen molar-refractivity contribution >= 4 is 29.2 Å². The number of hydrogen-bond donors (Lipinski definition) is 1. The van der Waals surface area contributed by atoms with Gasteiger partial charge in [-0.2, -0.15) is 0 Å². The van der Waals surface area contributed by atoms with Crippen LogP contribution in [0.25, 0.3) is 0 Å². The third kappa shape index (κ3) is 4.09. The third-order valence-corrected chi connectivity index (χ3v) is 4.05. The van der Waals surface area contributed by atoms with Gasteiger partial charge in [-0.25, -0.2) is 0 Å². The van der Waals surface area contributed by atoms with Crippen LogP contribution in [0.1, 0.15) is 5.56 Å². The first kappa shape index (κ1) is 15.6. The van der Waals surface area contributed by atoms with E-state index in [0.29, 0.717) is 16.5 Å². The number of carboxylic acids is 1. The summed E-state index contributed by atoms with van der Waals surface area (Å²) in [6.45, 7) is 3.31. The molecule has 4 nitrogen and oxygen atoms in total. The Hall–Kier alpha value is -0.810. The highest BCUT2D eigenvalue weighted by molar-refractivity contribution is 6.34. The van der Waals surface area contributed by atoms with E-state index in [4.69, 9.17) is 23.2 Å². The lowest BCUT2D eigenvalue weighted by molar-refractivity contribution is -0.144. The van der Waals surface area contributed by atoms with Gasteiger partial charge in [0.05, 0.1) is 0 Å². The second-order valence-electron chi connectivity index (χ2n) is 5.18. The van der Waals surface area contributed by atoms with E-state index in [-0.39, 0.29) is 0 Å². The van der Waals surface area contributed by atoms with Crippen molar-refractivity contribution < 1.29 is 9.90 Å². The van der Waals surface area contributed by atoms with Gasteiger partial charge in [-0.15, -0.1) is 0 Å². The molecule has 110 valence electrons. The summed E-state index contributed by atoms with van der Waals surface area (Å²) < 4.78 is 0. The van der Waals surface area contributed by atoms with E-state index in [1.807, 2.05) is 11.9 Å². The van der Waals surface area contributed by atoms with E-state index in [1.165, 1.54) is 0 Å². The molecule has 1 aromatic rings. The topological polar surface area (TPSA) is 43.8 Å². The summed E-state index contributed by atoms with van der Waals surface area (Å²) in [7, 11) is 2.05. The molecule has 1 heterocycles. The molecule has 1 N–H and O–H groups in total. The first-order valence-corrected chi connectivity index (χ1v) is 7.31. The lowest BCUT2D eigenvalue weighted by Crippen LogP contribution is -2.52. The standard InChI is InChI=1S/C14H18Cl2N2O2/c1-17-2-4-18(5-3-17)13(14(19)20)8-10-6-11(15)9-12(16)7-10/h6-7,9,13H,2-5,8H2,1H3,(H,19,20). The lowest BCUT2D eigenvalue weighted by atomic mass is 10.0. The van der Waals surface area contributed by atoms with Crippen molar-refractivity contribution in [1.82, 2.24) is 9.80 Å². The van der Waals surface area contributed by atoms with Crippen LogP contribution in [-0.4, -0.2) is 60.1 Å². The maximum Gasteiger partial charge on any atom is 0.321 e. The molecule has 1 aliphatic rings. The predicted molar refractivity (Wildman–Crippen MR) is 80.7 cm³/mol. The molecule has 0 bridgehead atoms. The zero-order valence-electron chi connectivity index (χ0n) is 11.4. The highest BCUT2D eigenvalue weighted by atomic mass is 35.5. The van der Waals surface area contributed by atoms with E-state index >= 15 is 0 Å². The Morgan fingerprint density at radius 3 is 2.25 bits per heavy atom. The van der Waals surface area contributed by atoms with E-state index in [2.05, 4.69) is 4.90 Å². The van der Waals surface area contributed by atoms with Gasteiger partial charge in [-0.05, 0) is 37.2 Å². The molecule has 6 heteroatoms. The van der Waals surface area contributed by atoms with Crippen LogP contribution in [0, 0.1) is 0 Å². The molecule has 1 unspecified atom stereocenters. The summed E-state index contributed by atoms with van der Waals surface area (Å²) >= 11 is 11.9. The maximum atomic E-state index is 11.5. The Labute approximate surface area is 128 Å². The van der Waals surface area contributed by atoms with Crippen molar-refractivity contribution in [2.24, 2.45) is 0 Å². The number of piperazine rings is 1. The summed E-state index contributed by atoms with van der Waals surface area (Å²) in [6.07, 6.45) is 0.416. The third-order valence-electron chi connectivity index (χ3n) is 3.62. The minimum absolute atomic E-state index is 0.416. The van der Waals surface area contributed by atoms with Gasteiger partial charge in [0.15, 0.2) is 0 Å². The second-order valence-corrected chi connectivity index (χ2v) is 6.05. The Bertz CT molecular complexity index is 468. The summed E-state index contributed by atoms with van der Waals surface area (Å²) in [5.41, 5.74) is 0.855. The number of carboxylic acid groups (broad SMARTS) is 1. The molecule has 0 saturated carbocycles. The molecule has 0 radical (unpaired) electrons. The van der Waals surface area contributed by atoms with Gasteiger partial charge in [0.2, 0.25) is 0 Å². The number of carbonyl (C=O) groups is 1. The van der Waals surface area contributed by atoms with Crippen LogP contribution in [0.5, 0.6) is 0 Å². The molecule has 2 rings (SSSR count). The van der Waals surface area contributed by atoms with Gasteiger partial charge >= 0.3 is 5.97 Å². The highest BCUT2D eigenvalue weighted by Gasteiger charge is 2.28. The number of rotatable bonds is 4. The quantitative estimate of drug-likeness (QED) is 0.925.